The number of nitrogens with two attached hydrogens (primary N) is 1. The number of carboxylic acid groups (broad SMARTS) is 1. The maximum absolute atomic E-state index is 13.1. The van der Waals surface area contributed by atoms with E-state index in [1.165, 1.54) is 12.4 Å². The number of aromatic nitrogens is 2. The van der Waals surface area contributed by atoms with Crippen molar-refractivity contribution >= 4 is 29.1 Å². The largest absolute Gasteiger partial charge is 0.491 e. The molecular formula is C27H32N6O5. The highest BCUT2D eigenvalue weighted by Crippen LogP contribution is 2.29. The van der Waals surface area contributed by atoms with Gasteiger partial charge in [0.2, 0.25) is 0 Å². The molecule has 1 amide bonds. The number of carboxylic acids is 1. The second-order valence-corrected chi connectivity index (χ2v) is 9.02. The lowest BCUT2D eigenvalue weighted by molar-refractivity contribution is -0.136. The number of rotatable bonds is 12. The maximum Gasteiger partial charge on any atom is 0.303 e. The molecule has 0 fully saturated rings. The van der Waals surface area contributed by atoms with E-state index in [0.717, 1.165) is 16.7 Å². The van der Waals surface area contributed by atoms with Crippen LogP contribution in [0.3, 0.4) is 0 Å². The second-order valence-electron chi connectivity index (χ2n) is 9.02. The van der Waals surface area contributed by atoms with Crippen LogP contribution in [0.2, 0.25) is 0 Å². The molecule has 0 bridgehead atoms. The van der Waals surface area contributed by atoms with Crippen LogP contribution >= 0.6 is 0 Å². The van der Waals surface area contributed by atoms with Crippen molar-refractivity contribution in [2.45, 2.75) is 52.9 Å². The maximum atomic E-state index is 13.1. The van der Waals surface area contributed by atoms with Crippen molar-refractivity contribution < 1.29 is 24.5 Å². The van der Waals surface area contributed by atoms with Crippen LogP contribution in [-0.4, -0.2) is 44.0 Å². The molecule has 0 atom stereocenters. The number of carbonyl (C=O) groups is 2. The number of aryl methyl sites for hydroxylation is 1. The third kappa shape index (κ3) is 7.50. The van der Waals surface area contributed by atoms with E-state index in [0.29, 0.717) is 28.3 Å². The van der Waals surface area contributed by atoms with Gasteiger partial charge in [0.25, 0.3) is 5.91 Å². The Labute approximate surface area is 220 Å². The molecule has 0 aliphatic heterocycles. The van der Waals surface area contributed by atoms with Gasteiger partial charge in [0.1, 0.15) is 5.75 Å². The predicted octanol–water partition coefficient (Wildman–Crippen LogP) is 3.23. The average Bonchev–Trinajstić information content (AvgIpc) is 2.86. The smallest absolute Gasteiger partial charge is 0.303 e. The summed E-state index contributed by atoms with van der Waals surface area (Å²) < 4.78 is 5.95. The molecule has 2 aromatic carbocycles. The van der Waals surface area contributed by atoms with Crippen molar-refractivity contribution in [3.63, 3.8) is 0 Å². The van der Waals surface area contributed by atoms with E-state index in [1.54, 1.807) is 24.3 Å². The first kappa shape index (κ1) is 28.1. The molecule has 0 saturated carbocycles. The van der Waals surface area contributed by atoms with Crippen molar-refractivity contribution in [2.75, 3.05) is 10.6 Å². The van der Waals surface area contributed by atoms with E-state index in [4.69, 9.17) is 15.9 Å². The Kier molecular flexibility index (Phi) is 9.33. The first-order valence-corrected chi connectivity index (χ1v) is 12.0. The Morgan fingerprint density at radius 2 is 1.87 bits per heavy atom. The summed E-state index contributed by atoms with van der Waals surface area (Å²) >= 11 is 0. The Hall–Kier alpha value is -4.51. The molecule has 0 radical (unpaired) electrons. The number of aliphatic hydroxyl groups excluding tert-OH is 1. The number of amides is 1. The Balaban J connectivity index is 1.90. The molecule has 11 heteroatoms. The molecule has 200 valence electrons. The van der Waals surface area contributed by atoms with E-state index < -0.39 is 11.9 Å². The molecule has 0 spiro atoms. The van der Waals surface area contributed by atoms with Gasteiger partial charge in [-0.1, -0.05) is 17.7 Å². The Morgan fingerprint density at radius 3 is 2.47 bits per heavy atom. The number of nitrogen functional groups attached to an aromatic ring is 1. The fourth-order valence-corrected chi connectivity index (χ4v) is 3.81. The quantitative estimate of drug-likeness (QED) is 0.154. The Bertz CT molecular complexity index is 1320. The van der Waals surface area contributed by atoms with Crippen LogP contribution in [0, 0.1) is 12.3 Å². The summed E-state index contributed by atoms with van der Waals surface area (Å²) in [6.45, 7) is 5.68. The number of nitrogens with zero attached hydrogens (tertiary/aromatic N) is 2. The fourth-order valence-electron chi connectivity index (χ4n) is 3.81. The summed E-state index contributed by atoms with van der Waals surface area (Å²) in [5, 5.41) is 32.5. The predicted molar refractivity (Wildman–Crippen MR) is 144 cm³/mol. The third-order valence-electron chi connectivity index (χ3n) is 5.53. The van der Waals surface area contributed by atoms with Crippen LogP contribution in [0.25, 0.3) is 0 Å². The molecule has 3 rings (SSSR count). The number of benzene rings is 2. The number of anilines is 2. The van der Waals surface area contributed by atoms with Gasteiger partial charge in [-0.15, -0.1) is 0 Å². The minimum atomic E-state index is -0.927. The van der Waals surface area contributed by atoms with Crippen molar-refractivity contribution in [2.24, 2.45) is 5.73 Å². The van der Waals surface area contributed by atoms with Gasteiger partial charge in [0.05, 0.1) is 36.4 Å². The van der Waals surface area contributed by atoms with Crippen molar-refractivity contribution in [1.82, 2.24) is 9.97 Å². The number of nitrogens with one attached hydrogen (secondary N) is 3. The summed E-state index contributed by atoms with van der Waals surface area (Å²) in [5.41, 5.74) is 9.65. The average molecular weight is 521 g/mol. The van der Waals surface area contributed by atoms with Crippen LogP contribution in [0.1, 0.15) is 58.7 Å². The highest BCUT2D eigenvalue weighted by Gasteiger charge is 2.17. The lowest BCUT2D eigenvalue weighted by Crippen LogP contribution is -2.18. The number of hydrogen-bond acceptors (Lipinski definition) is 8. The summed E-state index contributed by atoms with van der Waals surface area (Å²) in [4.78, 5) is 32.4. The van der Waals surface area contributed by atoms with Gasteiger partial charge in [0.15, 0.2) is 11.7 Å². The zero-order chi connectivity index (χ0) is 27.8. The normalized spacial score (nSPS) is 10.8. The summed E-state index contributed by atoms with van der Waals surface area (Å²) in [7, 11) is 0. The van der Waals surface area contributed by atoms with Gasteiger partial charge in [-0.25, -0.2) is 9.97 Å². The molecule has 7 N–H and O–H groups in total. The minimum absolute atomic E-state index is 0.0607. The van der Waals surface area contributed by atoms with Gasteiger partial charge in [0, 0.05) is 18.7 Å². The highest BCUT2D eigenvalue weighted by atomic mass is 16.5. The number of ether oxygens (including phenoxy) is 1. The highest BCUT2D eigenvalue weighted by molar-refractivity contribution is 6.08. The molecule has 1 aromatic heterocycles. The van der Waals surface area contributed by atoms with Crippen molar-refractivity contribution in [3.05, 3.63) is 76.4 Å². The van der Waals surface area contributed by atoms with Gasteiger partial charge >= 0.3 is 5.97 Å². The van der Waals surface area contributed by atoms with E-state index in [2.05, 4.69) is 20.6 Å². The molecule has 0 saturated heterocycles. The number of hydrogen-bond donors (Lipinski definition) is 6. The number of carbonyl (C=O) groups excluding carboxylic acids is 1. The van der Waals surface area contributed by atoms with Crippen LogP contribution in [0.4, 0.5) is 11.4 Å². The van der Waals surface area contributed by atoms with E-state index in [9.17, 15) is 19.8 Å². The monoisotopic (exact) mass is 520 g/mol. The van der Waals surface area contributed by atoms with Crippen LogP contribution in [-0.2, 0) is 24.4 Å². The van der Waals surface area contributed by atoms with E-state index in [-0.39, 0.29) is 43.8 Å². The minimum Gasteiger partial charge on any atom is -0.491 e. The SMILES string of the molecule is Cc1ccc(NCc2cc(CO)cc(OC(C)C)c2CCC(=O)O)c(C(=O)Nc2cnc(C(=N)N)nc2)c1. The van der Waals surface area contributed by atoms with Gasteiger partial charge in [-0.3, -0.25) is 15.0 Å². The molecule has 0 unspecified atom stereocenters. The zero-order valence-corrected chi connectivity index (χ0v) is 21.5. The molecule has 38 heavy (non-hydrogen) atoms. The summed E-state index contributed by atoms with van der Waals surface area (Å²) in [6.07, 6.45) is 2.76. The molecule has 0 aliphatic carbocycles. The molecule has 1 heterocycles. The molecular weight excluding hydrogens is 488 g/mol. The fraction of sp³-hybridized carbons (Fsp3) is 0.296. The van der Waals surface area contributed by atoms with Crippen molar-refractivity contribution in [1.29, 1.82) is 5.41 Å². The first-order valence-electron chi connectivity index (χ1n) is 12.0. The number of amidine groups is 1. The van der Waals surface area contributed by atoms with Crippen LogP contribution in [0.15, 0.2) is 42.7 Å². The third-order valence-corrected chi connectivity index (χ3v) is 5.53. The zero-order valence-electron chi connectivity index (χ0n) is 21.5. The summed E-state index contributed by atoms with van der Waals surface area (Å²) in [5.74, 6) is -1.01. The van der Waals surface area contributed by atoms with Crippen LogP contribution < -0.4 is 21.1 Å². The van der Waals surface area contributed by atoms with E-state index in [1.807, 2.05) is 26.8 Å². The molecule has 3 aromatic rings. The molecule has 0 aliphatic rings. The standard InChI is InChI=1S/C27H32N6O5/c1-15(2)38-23-10-17(14-34)9-18(20(23)5-7-24(35)36)11-30-22-6-4-16(3)8-21(22)27(37)33-19-12-31-26(25(28)29)32-13-19/h4,6,8-10,12-13,15,30,34H,5,7,11,14H2,1-3H3,(H3,28,29)(H,33,37)(H,35,36). The number of aliphatic carboxylic acids is 1. The van der Waals surface area contributed by atoms with E-state index >= 15 is 0 Å². The lowest BCUT2D eigenvalue weighted by atomic mass is 9.98. The second kappa shape index (κ2) is 12.6. The van der Waals surface area contributed by atoms with Gasteiger partial charge in [-0.2, -0.15) is 0 Å². The van der Waals surface area contributed by atoms with Crippen LogP contribution in [0.5, 0.6) is 5.75 Å². The number of aliphatic hydroxyl groups is 1. The lowest BCUT2D eigenvalue weighted by Gasteiger charge is -2.20. The summed E-state index contributed by atoms with van der Waals surface area (Å²) in [6, 6.07) is 8.93. The Morgan fingerprint density at radius 1 is 1.16 bits per heavy atom. The van der Waals surface area contributed by atoms with Crippen molar-refractivity contribution in [3.8, 4) is 5.75 Å². The first-order chi connectivity index (χ1) is 18.1. The topological polar surface area (TPSA) is 184 Å². The van der Waals surface area contributed by atoms with Gasteiger partial charge < -0.3 is 31.3 Å². The van der Waals surface area contributed by atoms with Gasteiger partial charge in [-0.05, 0) is 62.1 Å². The molecule has 11 nitrogen and oxygen atoms in total.